The number of aromatic nitrogens is 3. The summed E-state index contributed by atoms with van der Waals surface area (Å²) in [6.45, 7) is 3.60. The molecule has 2 aliphatic rings. The van der Waals surface area contributed by atoms with Crippen LogP contribution in [0.5, 0.6) is 5.88 Å². The average Bonchev–Trinajstić information content (AvgIpc) is 3.06. The topological polar surface area (TPSA) is 81.3 Å². The van der Waals surface area contributed by atoms with E-state index in [-0.39, 0.29) is 5.56 Å². The quantitative estimate of drug-likeness (QED) is 0.558. The highest BCUT2D eigenvalue weighted by Gasteiger charge is 2.23. The fourth-order valence-corrected chi connectivity index (χ4v) is 4.11. The number of ether oxygens (including phenoxy) is 2. The first kappa shape index (κ1) is 22.7. The third kappa shape index (κ3) is 5.13. The van der Waals surface area contributed by atoms with Crippen molar-refractivity contribution in [1.82, 2.24) is 19.7 Å². The number of carbonyl (C=O) groups excluding carboxylic acids is 1. The second-order valence-corrected chi connectivity index (χ2v) is 7.93. The predicted octanol–water partition coefficient (Wildman–Crippen LogP) is 4.00. The van der Waals surface area contributed by atoms with E-state index in [1.54, 1.807) is 24.3 Å². The number of carbonyl (C=O) groups is 1. The molecule has 1 aromatic carbocycles. The Morgan fingerprint density at radius 2 is 1.88 bits per heavy atom. The van der Waals surface area contributed by atoms with E-state index in [0.29, 0.717) is 22.7 Å². The number of amidine groups is 1. The Labute approximate surface area is 192 Å². The first-order valence-corrected chi connectivity index (χ1v) is 11.2. The molecule has 3 aromatic rings. The van der Waals surface area contributed by atoms with Crippen molar-refractivity contribution in [3.63, 3.8) is 0 Å². The fraction of sp³-hybridized carbons (Fsp3) is 0.417. The molecule has 0 spiro atoms. The molecule has 0 radical (unpaired) electrons. The summed E-state index contributed by atoms with van der Waals surface area (Å²) >= 11 is 0. The van der Waals surface area contributed by atoms with Crippen LogP contribution in [0.4, 0.5) is 4.39 Å². The van der Waals surface area contributed by atoms with Gasteiger partial charge in [0.15, 0.2) is 0 Å². The molecule has 5 rings (SSSR count). The van der Waals surface area contributed by atoms with E-state index in [1.807, 2.05) is 0 Å². The van der Waals surface area contributed by atoms with Crippen LogP contribution in [0.15, 0.2) is 41.4 Å². The van der Waals surface area contributed by atoms with Crippen LogP contribution in [-0.2, 0) is 4.74 Å². The Balaban J connectivity index is 0.000000196. The first-order valence-electron chi connectivity index (χ1n) is 11.2. The smallest absolute Gasteiger partial charge is 0.342 e. The van der Waals surface area contributed by atoms with Gasteiger partial charge in [0.25, 0.3) is 0 Å². The molecular formula is C24H28FN5O3. The van der Waals surface area contributed by atoms with Gasteiger partial charge < -0.3 is 14.4 Å². The van der Waals surface area contributed by atoms with Crippen molar-refractivity contribution in [3.8, 4) is 17.1 Å². The largest absolute Gasteiger partial charge is 0.480 e. The molecule has 1 fully saturated rings. The number of rotatable bonds is 3. The summed E-state index contributed by atoms with van der Waals surface area (Å²) < 4.78 is 24.6. The van der Waals surface area contributed by atoms with Gasteiger partial charge >= 0.3 is 5.97 Å². The molecule has 33 heavy (non-hydrogen) atoms. The molecule has 0 bridgehead atoms. The highest BCUT2D eigenvalue weighted by atomic mass is 19.1. The minimum absolute atomic E-state index is 0.225. The maximum absolute atomic E-state index is 13.5. The van der Waals surface area contributed by atoms with E-state index in [4.69, 9.17) is 9.47 Å². The number of esters is 1. The standard InChI is InChI=1S/C15H12FN3O3.C9H16N2/c1-21-12-7-6-11-13(15(20)22-2)14(18-19(11)17-12)9-4-3-5-10(16)8-9;1-2-5-9-10-6-4-8-11(9)7-3-1/h3-8H,1-2H3;1-8H2. The molecule has 2 aliphatic heterocycles. The summed E-state index contributed by atoms with van der Waals surface area (Å²) in [4.78, 5) is 19.1. The van der Waals surface area contributed by atoms with E-state index >= 15 is 0 Å². The summed E-state index contributed by atoms with van der Waals surface area (Å²) in [6.07, 6.45) is 6.63. The number of hydrogen-bond donors (Lipinski definition) is 0. The van der Waals surface area contributed by atoms with Crippen molar-refractivity contribution < 1.29 is 18.7 Å². The molecular weight excluding hydrogens is 425 g/mol. The lowest BCUT2D eigenvalue weighted by molar-refractivity contribution is 0.0603. The molecule has 1 saturated heterocycles. The lowest BCUT2D eigenvalue weighted by Gasteiger charge is -2.27. The molecule has 0 saturated carbocycles. The minimum Gasteiger partial charge on any atom is -0.480 e. The first-order chi connectivity index (χ1) is 16.1. The molecule has 0 aliphatic carbocycles. The van der Waals surface area contributed by atoms with Crippen LogP contribution in [-0.4, -0.2) is 65.4 Å². The average molecular weight is 454 g/mol. The highest BCUT2D eigenvalue weighted by Crippen LogP contribution is 2.27. The van der Waals surface area contributed by atoms with Crippen LogP contribution in [0, 0.1) is 5.82 Å². The normalized spacial score (nSPS) is 15.6. The predicted molar refractivity (Wildman–Crippen MR) is 123 cm³/mol. The van der Waals surface area contributed by atoms with Crippen molar-refractivity contribution in [2.45, 2.75) is 32.1 Å². The lowest BCUT2D eigenvalue weighted by atomic mass is 10.1. The zero-order valence-electron chi connectivity index (χ0n) is 19.0. The zero-order valence-corrected chi connectivity index (χ0v) is 19.0. The van der Waals surface area contributed by atoms with Gasteiger partial charge in [-0.15, -0.1) is 14.8 Å². The van der Waals surface area contributed by atoms with Crippen molar-refractivity contribution in [1.29, 1.82) is 0 Å². The van der Waals surface area contributed by atoms with Gasteiger partial charge in [-0.3, -0.25) is 4.99 Å². The van der Waals surface area contributed by atoms with Gasteiger partial charge in [-0.05, 0) is 37.5 Å². The molecule has 8 nitrogen and oxygen atoms in total. The van der Waals surface area contributed by atoms with Gasteiger partial charge in [0.1, 0.15) is 22.6 Å². The van der Waals surface area contributed by atoms with Gasteiger partial charge in [-0.2, -0.15) is 0 Å². The van der Waals surface area contributed by atoms with Crippen molar-refractivity contribution in [2.75, 3.05) is 33.9 Å². The Bertz CT molecular complexity index is 1160. The fourth-order valence-electron chi connectivity index (χ4n) is 4.11. The van der Waals surface area contributed by atoms with Crippen LogP contribution < -0.4 is 4.74 Å². The molecule has 0 unspecified atom stereocenters. The van der Waals surface area contributed by atoms with Crippen LogP contribution >= 0.6 is 0 Å². The zero-order chi connectivity index (χ0) is 23.2. The van der Waals surface area contributed by atoms with Gasteiger partial charge in [0.2, 0.25) is 5.88 Å². The Morgan fingerprint density at radius 1 is 1.03 bits per heavy atom. The summed E-state index contributed by atoms with van der Waals surface area (Å²) in [6, 6.07) is 9.08. The van der Waals surface area contributed by atoms with Crippen LogP contribution in [0.3, 0.4) is 0 Å². The molecule has 2 aromatic heterocycles. The third-order valence-corrected chi connectivity index (χ3v) is 5.75. The second-order valence-electron chi connectivity index (χ2n) is 7.93. The van der Waals surface area contributed by atoms with E-state index < -0.39 is 11.8 Å². The molecule has 4 heterocycles. The monoisotopic (exact) mass is 453 g/mol. The van der Waals surface area contributed by atoms with Crippen molar-refractivity contribution in [3.05, 3.63) is 47.8 Å². The van der Waals surface area contributed by atoms with Gasteiger partial charge in [-0.25, -0.2) is 9.18 Å². The molecule has 0 atom stereocenters. The number of hydrogen-bond acceptors (Lipinski definition) is 7. The Morgan fingerprint density at radius 3 is 2.67 bits per heavy atom. The number of fused-ring (bicyclic) bond motifs is 2. The summed E-state index contributed by atoms with van der Waals surface area (Å²) in [5.74, 6) is 0.753. The Kier molecular flexibility index (Phi) is 7.16. The van der Waals surface area contributed by atoms with Gasteiger partial charge in [0.05, 0.1) is 20.1 Å². The summed E-state index contributed by atoms with van der Waals surface area (Å²) in [5, 5.41) is 8.38. The third-order valence-electron chi connectivity index (χ3n) is 5.75. The molecule has 174 valence electrons. The maximum atomic E-state index is 13.5. The lowest BCUT2D eigenvalue weighted by Crippen LogP contribution is -2.34. The summed E-state index contributed by atoms with van der Waals surface area (Å²) in [7, 11) is 2.75. The number of aliphatic imine (C=N–C) groups is 1. The van der Waals surface area contributed by atoms with E-state index in [0.717, 1.165) is 6.54 Å². The Hall–Kier alpha value is -3.49. The van der Waals surface area contributed by atoms with Crippen LogP contribution in [0.2, 0.25) is 0 Å². The maximum Gasteiger partial charge on any atom is 0.342 e. The van der Waals surface area contributed by atoms with Crippen LogP contribution in [0.25, 0.3) is 16.8 Å². The van der Waals surface area contributed by atoms with Crippen molar-refractivity contribution in [2.24, 2.45) is 4.99 Å². The SMILES string of the molecule is C1CCC2=NCCCN2CC1.COC(=O)c1c(-c2cccc(F)c2)nn2nc(OC)ccc12. The number of nitrogens with zero attached hydrogens (tertiary/aromatic N) is 5. The van der Waals surface area contributed by atoms with E-state index in [9.17, 15) is 9.18 Å². The van der Waals surface area contributed by atoms with Gasteiger partial charge in [0, 0.05) is 37.7 Å². The minimum atomic E-state index is -0.568. The second kappa shape index (κ2) is 10.4. The molecule has 9 heteroatoms. The number of benzene rings is 1. The highest BCUT2D eigenvalue weighted by molar-refractivity contribution is 6.03. The number of methoxy groups -OCH3 is 2. The number of halogens is 1. The van der Waals surface area contributed by atoms with Crippen molar-refractivity contribution >= 4 is 17.3 Å². The van der Waals surface area contributed by atoms with Crippen LogP contribution in [0.1, 0.15) is 42.5 Å². The molecule has 0 N–H and O–H groups in total. The van der Waals surface area contributed by atoms with E-state index in [2.05, 4.69) is 20.1 Å². The van der Waals surface area contributed by atoms with E-state index in [1.165, 1.54) is 82.0 Å². The molecule has 0 amide bonds. The van der Waals surface area contributed by atoms with Gasteiger partial charge in [-0.1, -0.05) is 18.6 Å². The summed E-state index contributed by atoms with van der Waals surface area (Å²) in [5.41, 5.74) is 1.44.